The zero-order chi connectivity index (χ0) is 14.2. The van der Waals surface area contributed by atoms with Gasteiger partial charge >= 0.3 is 10.2 Å². The number of benzene rings is 1. The van der Waals surface area contributed by atoms with Crippen LogP contribution in [0.2, 0.25) is 5.02 Å². The van der Waals surface area contributed by atoms with Crippen LogP contribution in [0.4, 0.5) is 8.28 Å². The van der Waals surface area contributed by atoms with Crippen molar-refractivity contribution >= 4 is 27.7 Å². The van der Waals surface area contributed by atoms with E-state index in [0.29, 0.717) is 0 Å². The summed E-state index contributed by atoms with van der Waals surface area (Å²) in [4.78, 5) is 12.7. The maximum atomic E-state index is 13.7. The molecule has 1 saturated heterocycles. The van der Waals surface area contributed by atoms with Crippen LogP contribution in [0.15, 0.2) is 18.2 Å². The summed E-state index contributed by atoms with van der Waals surface area (Å²) >= 11 is 5.60. The highest BCUT2D eigenvalue weighted by Crippen LogP contribution is 2.24. The second-order valence-corrected chi connectivity index (χ2v) is 6.31. The average Bonchev–Trinajstić information content (AvgIpc) is 2.67. The molecule has 1 aliphatic heterocycles. The van der Waals surface area contributed by atoms with Gasteiger partial charge < -0.3 is 4.90 Å². The Morgan fingerprint density at radius 2 is 2.11 bits per heavy atom. The third-order valence-electron chi connectivity index (χ3n) is 2.97. The summed E-state index contributed by atoms with van der Waals surface area (Å²) in [5.41, 5.74) is 0.165. The van der Waals surface area contributed by atoms with Crippen molar-refractivity contribution in [1.29, 1.82) is 0 Å². The molecule has 1 aliphatic rings. The summed E-state index contributed by atoms with van der Waals surface area (Å²) in [5.74, 6) is -1.19. The Morgan fingerprint density at radius 1 is 1.42 bits per heavy atom. The van der Waals surface area contributed by atoms with E-state index in [2.05, 4.69) is 0 Å². The quantitative estimate of drug-likeness (QED) is 0.801. The van der Waals surface area contributed by atoms with E-state index >= 15 is 0 Å². The third-order valence-corrected chi connectivity index (χ3v) is 4.37. The topological polar surface area (TPSA) is 54.5 Å². The fourth-order valence-corrected chi connectivity index (χ4v) is 2.85. The molecule has 1 aromatic carbocycles. The van der Waals surface area contributed by atoms with Crippen molar-refractivity contribution in [3.63, 3.8) is 0 Å². The second kappa shape index (κ2) is 5.05. The molecule has 0 radical (unpaired) electrons. The first-order valence-corrected chi connectivity index (χ1v) is 7.25. The molecule has 0 aliphatic carbocycles. The van der Waals surface area contributed by atoms with Gasteiger partial charge in [0.05, 0.1) is 5.02 Å². The van der Waals surface area contributed by atoms with E-state index in [1.165, 1.54) is 18.2 Å². The SMILES string of the molecule is O=C1CC(S(=O)(=O)F)CN1Cc1cccc(Cl)c1F. The molecule has 0 spiro atoms. The van der Waals surface area contributed by atoms with Crippen LogP contribution in [0, 0.1) is 5.82 Å². The summed E-state index contributed by atoms with van der Waals surface area (Å²) in [5, 5.41) is -1.46. The Bertz CT molecular complexity index is 620. The fourth-order valence-electron chi connectivity index (χ4n) is 1.95. The monoisotopic (exact) mass is 309 g/mol. The van der Waals surface area contributed by atoms with Crippen molar-refractivity contribution in [2.24, 2.45) is 0 Å². The summed E-state index contributed by atoms with van der Waals surface area (Å²) in [6.45, 7) is -0.402. The number of carbonyl (C=O) groups is 1. The molecule has 0 N–H and O–H groups in total. The molecule has 8 heteroatoms. The standard InChI is InChI=1S/C11H10ClF2NO3S/c12-9-3-1-2-7(11(9)13)5-15-6-8(4-10(15)16)19(14,17)18/h1-3,8H,4-6H2. The van der Waals surface area contributed by atoms with Gasteiger partial charge in [-0.3, -0.25) is 4.79 Å². The van der Waals surface area contributed by atoms with Crippen molar-refractivity contribution in [2.45, 2.75) is 18.2 Å². The molecule has 2 rings (SSSR count). The van der Waals surface area contributed by atoms with Gasteiger partial charge in [0.25, 0.3) is 0 Å². The van der Waals surface area contributed by atoms with Crippen LogP contribution in [-0.4, -0.2) is 31.0 Å². The van der Waals surface area contributed by atoms with E-state index in [0.717, 1.165) is 4.90 Å². The van der Waals surface area contributed by atoms with Gasteiger partial charge in [0.2, 0.25) is 5.91 Å². The van der Waals surface area contributed by atoms with Crippen molar-refractivity contribution in [3.8, 4) is 0 Å². The highest BCUT2D eigenvalue weighted by molar-refractivity contribution is 7.87. The molecule has 1 aromatic rings. The molecular weight excluding hydrogens is 300 g/mol. The first-order chi connectivity index (χ1) is 8.79. The van der Waals surface area contributed by atoms with Gasteiger partial charge in [0, 0.05) is 25.1 Å². The van der Waals surface area contributed by atoms with Gasteiger partial charge in [-0.15, -0.1) is 3.89 Å². The van der Waals surface area contributed by atoms with E-state index in [1.54, 1.807) is 0 Å². The third kappa shape index (κ3) is 3.03. The van der Waals surface area contributed by atoms with E-state index in [-0.39, 0.29) is 23.7 Å². The Hall–Kier alpha value is -1.21. The van der Waals surface area contributed by atoms with E-state index in [1.807, 2.05) is 0 Å². The second-order valence-electron chi connectivity index (χ2n) is 4.29. The number of likely N-dealkylation sites (tertiary alicyclic amines) is 1. The first kappa shape index (κ1) is 14.2. The van der Waals surface area contributed by atoms with Crippen LogP contribution in [0.5, 0.6) is 0 Å². The Labute approximate surface area is 114 Å². The molecule has 1 heterocycles. The smallest absolute Gasteiger partial charge is 0.307 e. The van der Waals surface area contributed by atoms with Crippen LogP contribution >= 0.6 is 11.6 Å². The van der Waals surface area contributed by atoms with E-state index in [4.69, 9.17) is 11.6 Å². The van der Waals surface area contributed by atoms with E-state index < -0.39 is 33.6 Å². The molecule has 19 heavy (non-hydrogen) atoms. The van der Waals surface area contributed by atoms with Crippen LogP contribution in [0.3, 0.4) is 0 Å². The maximum absolute atomic E-state index is 13.7. The zero-order valence-electron chi connectivity index (χ0n) is 9.64. The number of nitrogens with zero attached hydrogens (tertiary/aromatic N) is 1. The first-order valence-electron chi connectivity index (χ1n) is 5.43. The predicted octanol–water partition coefficient (Wildman–Crippen LogP) is 1.88. The summed E-state index contributed by atoms with van der Waals surface area (Å²) in [6, 6.07) is 4.32. The van der Waals surface area contributed by atoms with Gasteiger partial charge in [-0.2, -0.15) is 8.42 Å². The number of halogens is 3. The minimum atomic E-state index is -4.76. The molecule has 1 atom stereocenters. The lowest BCUT2D eigenvalue weighted by molar-refractivity contribution is -0.128. The Morgan fingerprint density at radius 3 is 2.68 bits per heavy atom. The van der Waals surface area contributed by atoms with Crippen LogP contribution in [0.1, 0.15) is 12.0 Å². The molecule has 0 aromatic heterocycles. The lowest BCUT2D eigenvalue weighted by atomic mass is 10.2. The summed E-state index contributed by atoms with van der Waals surface area (Å²) in [6.07, 6.45) is -0.416. The normalized spacial score (nSPS) is 20.1. The molecule has 104 valence electrons. The maximum Gasteiger partial charge on any atom is 0.307 e. The predicted molar refractivity (Wildman–Crippen MR) is 65.3 cm³/mol. The molecule has 1 unspecified atom stereocenters. The van der Waals surface area contributed by atoms with Crippen molar-refractivity contribution in [3.05, 3.63) is 34.6 Å². The minimum absolute atomic E-state index is 0.0844. The lowest BCUT2D eigenvalue weighted by Crippen LogP contribution is -2.27. The Kier molecular flexibility index (Phi) is 3.78. The summed E-state index contributed by atoms with van der Waals surface area (Å²) in [7, 11) is -4.76. The average molecular weight is 310 g/mol. The van der Waals surface area contributed by atoms with Gasteiger partial charge in [-0.25, -0.2) is 4.39 Å². The highest BCUT2D eigenvalue weighted by Gasteiger charge is 2.38. The highest BCUT2D eigenvalue weighted by atomic mass is 35.5. The van der Waals surface area contributed by atoms with Crippen molar-refractivity contribution < 1.29 is 21.5 Å². The number of amides is 1. The lowest BCUT2D eigenvalue weighted by Gasteiger charge is -2.16. The van der Waals surface area contributed by atoms with Gasteiger partial charge in [0.15, 0.2) is 0 Å². The minimum Gasteiger partial charge on any atom is -0.337 e. The molecule has 0 saturated carbocycles. The largest absolute Gasteiger partial charge is 0.337 e. The number of carbonyl (C=O) groups excluding carboxylic acids is 1. The van der Waals surface area contributed by atoms with Crippen LogP contribution in [-0.2, 0) is 21.6 Å². The molecule has 1 amide bonds. The number of hydrogen-bond acceptors (Lipinski definition) is 3. The fraction of sp³-hybridized carbons (Fsp3) is 0.364. The molecule has 0 bridgehead atoms. The zero-order valence-corrected chi connectivity index (χ0v) is 11.2. The van der Waals surface area contributed by atoms with Crippen LogP contribution in [0.25, 0.3) is 0 Å². The van der Waals surface area contributed by atoms with Crippen molar-refractivity contribution in [2.75, 3.05) is 6.54 Å². The van der Waals surface area contributed by atoms with E-state index in [9.17, 15) is 21.5 Å². The molecule has 1 fully saturated rings. The van der Waals surface area contributed by atoms with Gasteiger partial charge in [-0.1, -0.05) is 23.7 Å². The number of hydrogen-bond donors (Lipinski definition) is 0. The summed E-state index contributed by atoms with van der Waals surface area (Å²) < 4.78 is 48.0. The van der Waals surface area contributed by atoms with Gasteiger partial charge in [0.1, 0.15) is 11.1 Å². The van der Waals surface area contributed by atoms with Crippen LogP contribution < -0.4 is 0 Å². The Balaban J connectivity index is 2.17. The molecule has 4 nitrogen and oxygen atoms in total. The number of rotatable bonds is 3. The van der Waals surface area contributed by atoms with Gasteiger partial charge in [-0.05, 0) is 6.07 Å². The molecular formula is C11H10ClF2NO3S. The van der Waals surface area contributed by atoms with Crippen molar-refractivity contribution in [1.82, 2.24) is 4.90 Å².